The molecule has 0 bridgehead atoms. The molecular formula is C32H30N2O4. The Balaban J connectivity index is 1.68. The number of rotatable bonds is 6. The summed E-state index contributed by atoms with van der Waals surface area (Å²) in [4.78, 5) is 33.8. The molecule has 0 saturated heterocycles. The van der Waals surface area contributed by atoms with Gasteiger partial charge in [-0.15, -0.1) is 6.58 Å². The van der Waals surface area contributed by atoms with Crippen LogP contribution in [0.25, 0.3) is 33.0 Å². The topological polar surface area (TPSA) is 106 Å². The number of Topliss-reactive ketones (excluding diaryl/α,β-unsaturated/α-hetero) is 2. The Hall–Kier alpha value is -4.58. The molecule has 0 atom stereocenters. The highest BCUT2D eigenvalue weighted by molar-refractivity contribution is 6.47. The van der Waals surface area contributed by atoms with Crippen LogP contribution in [0.15, 0.2) is 84.4 Å². The molecule has 2 aromatic carbocycles. The van der Waals surface area contributed by atoms with E-state index in [-0.39, 0.29) is 16.8 Å². The Bertz CT molecular complexity index is 1750. The van der Waals surface area contributed by atoms with E-state index in [9.17, 15) is 19.8 Å². The molecule has 0 radical (unpaired) electrons. The Labute approximate surface area is 220 Å². The van der Waals surface area contributed by atoms with Crippen LogP contribution >= 0.6 is 0 Å². The van der Waals surface area contributed by atoms with E-state index in [1.54, 1.807) is 12.1 Å². The highest BCUT2D eigenvalue weighted by Crippen LogP contribution is 2.42. The van der Waals surface area contributed by atoms with Crippen LogP contribution in [-0.4, -0.2) is 31.7 Å². The summed E-state index contributed by atoms with van der Waals surface area (Å²) in [7, 11) is 0. The van der Waals surface area contributed by atoms with Gasteiger partial charge in [0.2, 0.25) is 11.6 Å². The Morgan fingerprint density at radius 3 is 2.34 bits per heavy atom. The average molecular weight is 507 g/mol. The van der Waals surface area contributed by atoms with Gasteiger partial charge in [0.05, 0.1) is 16.8 Å². The second-order valence-electron chi connectivity index (χ2n) is 10.5. The van der Waals surface area contributed by atoms with Gasteiger partial charge in [0.25, 0.3) is 0 Å². The number of H-pyrrole nitrogens is 2. The van der Waals surface area contributed by atoms with Crippen molar-refractivity contribution in [2.75, 3.05) is 0 Å². The zero-order chi connectivity index (χ0) is 27.4. The average Bonchev–Trinajstić information content (AvgIpc) is 3.49. The molecule has 2 heterocycles. The van der Waals surface area contributed by atoms with Gasteiger partial charge in [0.1, 0.15) is 0 Å². The van der Waals surface area contributed by atoms with E-state index in [0.717, 1.165) is 22.0 Å². The highest BCUT2D eigenvalue weighted by Gasteiger charge is 2.40. The molecule has 0 aliphatic heterocycles. The second kappa shape index (κ2) is 9.06. The monoisotopic (exact) mass is 506 g/mol. The quantitative estimate of drug-likeness (QED) is 0.167. The van der Waals surface area contributed by atoms with Crippen molar-refractivity contribution in [2.24, 2.45) is 0 Å². The first-order valence-electron chi connectivity index (χ1n) is 12.5. The fourth-order valence-corrected chi connectivity index (χ4v) is 4.99. The molecule has 6 heteroatoms. The summed E-state index contributed by atoms with van der Waals surface area (Å²) in [5, 5.41) is 23.9. The van der Waals surface area contributed by atoms with Gasteiger partial charge in [-0.3, -0.25) is 9.59 Å². The van der Waals surface area contributed by atoms with Crippen LogP contribution in [0.5, 0.6) is 0 Å². The zero-order valence-electron chi connectivity index (χ0n) is 21.9. The van der Waals surface area contributed by atoms with E-state index < -0.39 is 28.5 Å². The number of hydrogen-bond acceptors (Lipinski definition) is 4. The largest absolute Gasteiger partial charge is 0.504 e. The third-order valence-electron chi connectivity index (χ3n) is 7.21. The Morgan fingerprint density at radius 2 is 1.63 bits per heavy atom. The molecule has 0 amide bonds. The first kappa shape index (κ1) is 25.1. The minimum Gasteiger partial charge on any atom is -0.504 e. The van der Waals surface area contributed by atoms with Crippen molar-refractivity contribution < 1.29 is 19.8 Å². The van der Waals surface area contributed by atoms with Gasteiger partial charge < -0.3 is 20.2 Å². The number of aliphatic hydroxyl groups excluding tert-OH is 2. The maximum atomic E-state index is 13.7. The molecule has 2 aromatic heterocycles. The molecular weight excluding hydrogens is 476 g/mol. The van der Waals surface area contributed by atoms with Gasteiger partial charge in [-0.1, -0.05) is 68.0 Å². The summed E-state index contributed by atoms with van der Waals surface area (Å²) in [6.07, 6.45) is 4.52. The van der Waals surface area contributed by atoms with Gasteiger partial charge in [0.15, 0.2) is 11.5 Å². The Kier molecular flexibility index (Phi) is 5.98. The van der Waals surface area contributed by atoms with Crippen molar-refractivity contribution in [3.05, 3.63) is 107 Å². The van der Waals surface area contributed by atoms with Gasteiger partial charge >= 0.3 is 0 Å². The van der Waals surface area contributed by atoms with Crippen LogP contribution < -0.4 is 0 Å². The van der Waals surface area contributed by atoms with Crippen LogP contribution in [0.1, 0.15) is 50.2 Å². The summed E-state index contributed by atoms with van der Waals surface area (Å²) in [5.74, 6) is -3.03. The minimum absolute atomic E-state index is 0.223. The first-order chi connectivity index (χ1) is 18.0. The molecule has 6 nitrogen and oxygen atoms in total. The zero-order valence-corrected chi connectivity index (χ0v) is 21.9. The summed E-state index contributed by atoms with van der Waals surface area (Å²) in [6.45, 7) is 11.8. The summed E-state index contributed by atoms with van der Waals surface area (Å²) in [5.41, 5.74) is 3.92. The number of carbonyl (C=O) groups excluding carboxylic acids is 2. The summed E-state index contributed by atoms with van der Waals surface area (Å²) < 4.78 is 0. The smallest absolute Gasteiger partial charge is 0.234 e. The first-order valence-corrected chi connectivity index (χ1v) is 12.5. The van der Waals surface area contributed by atoms with Crippen molar-refractivity contribution >= 4 is 44.5 Å². The third-order valence-corrected chi connectivity index (χ3v) is 7.21. The number of aromatic amines is 2. The second-order valence-corrected chi connectivity index (χ2v) is 10.5. The lowest BCUT2D eigenvalue weighted by Gasteiger charge is -2.23. The molecule has 0 saturated carbocycles. The number of aliphatic hydroxyl groups is 2. The highest BCUT2D eigenvalue weighted by atomic mass is 16.3. The fraction of sp³-hybridized carbons (Fsp3) is 0.188. The van der Waals surface area contributed by atoms with E-state index in [0.29, 0.717) is 23.1 Å². The number of benzene rings is 2. The van der Waals surface area contributed by atoms with Crippen molar-refractivity contribution in [2.45, 2.75) is 39.5 Å². The van der Waals surface area contributed by atoms with Gasteiger partial charge in [-0.05, 0) is 38.0 Å². The van der Waals surface area contributed by atoms with E-state index in [4.69, 9.17) is 0 Å². The predicted octanol–water partition coefficient (Wildman–Crippen LogP) is 7.01. The van der Waals surface area contributed by atoms with E-state index in [1.807, 2.05) is 70.2 Å². The molecule has 4 aromatic rings. The van der Waals surface area contributed by atoms with Gasteiger partial charge in [0, 0.05) is 38.5 Å². The lowest BCUT2D eigenvalue weighted by atomic mass is 9.80. The van der Waals surface area contributed by atoms with E-state index >= 15 is 0 Å². The molecule has 5 rings (SSSR count). The molecule has 1 aliphatic carbocycles. The van der Waals surface area contributed by atoms with Crippen molar-refractivity contribution in [1.82, 2.24) is 9.97 Å². The number of fused-ring (bicyclic) bond motifs is 2. The molecule has 0 unspecified atom stereocenters. The van der Waals surface area contributed by atoms with Crippen LogP contribution in [0.4, 0.5) is 0 Å². The molecule has 0 spiro atoms. The SMILES string of the molecule is C=CC(C)(C)c1[nH]c2ccccc2c1C1=C(O)C(=O)C(c2cc3cccc(CC=C(C)C)c3[nH]2)=C(O)C1=O. The van der Waals surface area contributed by atoms with Gasteiger partial charge in [-0.25, -0.2) is 0 Å². The molecule has 38 heavy (non-hydrogen) atoms. The van der Waals surface area contributed by atoms with Crippen molar-refractivity contribution in [3.63, 3.8) is 0 Å². The van der Waals surface area contributed by atoms with Crippen LogP contribution in [0.3, 0.4) is 0 Å². The number of aromatic nitrogens is 2. The number of allylic oxidation sites excluding steroid dienone is 5. The Morgan fingerprint density at radius 1 is 0.947 bits per heavy atom. The maximum absolute atomic E-state index is 13.7. The number of para-hydroxylation sites is 2. The predicted molar refractivity (Wildman–Crippen MR) is 152 cm³/mol. The minimum atomic E-state index is -0.817. The number of ketones is 2. The number of carbonyl (C=O) groups is 2. The molecule has 192 valence electrons. The van der Waals surface area contributed by atoms with Crippen LogP contribution in [-0.2, 0) is 21.4 Å². The van der Waals surface area contributed by atoms with E-state index in [1.165, 1.54) is 5.57 Å². The molecule has 1 aliphatic rings. The van der Waals surface area contributed by atoms with Crippen LogP contribution in [0, 0.1) is 0 Å². The summed E-state index contributed by atoms with van der Waals surface area (Å²) >= 11 is 0. The standard InChI is InChI=1S/C32H30N2O4/c1-6-32(4,5)31-23(20-12-7-8-13-21(20)34-31)25-29(37)27(35)24(28(36)30(25)38)22-16-19-11-9-10-18(26(19)33-22)15-14-17(2)3/h6-14,16,33-35,38H,1,15H2,2-5H3. The molecule has 0 fully saturated rings. The van der Waals surface area contributed by atoms with Crippen molar-refractivity contribution in [1.29, 1.82) is 0 Å². The lowest BCUT2D eigenvalue weighted by Crippen LogP contribution is -2.25. The fourth-order valence-electron chi connectivity index (χ4n) is 4.99. The lowest BCUT2D eigenvalue weighted by molar-refractivity contribution is -0.116. The third kappa shape index (κ3) is 3.89. The van der Waals surface area contributed by atoms with Crippen LogP contribution in [0.2, 0.25) is 0 Å². The summed E-state index contributed by atoms with van der Waals surface area (Å²) in [6, 6.07) is 14.9. The maximum Gasteiger partial charge on any atom is 0.234 e. The normalized spacial score (nSPS) is 14.6. The number of hydrogen-bond donors (Lipinski definition) is 4. The molecule has 4 N–H and O–H groups in total. The van der Waals surface area contributed by atoms with Crippen molar-refractivity contribution in [3.8, 4) is 0 Å². The van der Waals surface area contributed by atoms with Gasteiger partial charge in [-0.2, -0.15) is 0 Å². The number of nitrogens with one attached hydrogen (secondary N) is 2. The van der Waals surface area contributed by atoms with E-state index in [2.05, 4.69) is 22.6 Å².